The number of aliphatic hydroxyl groups is 1. The van der Waals surface area contributed by atoms with Crippen LogP contribution in [0.5, 0.6) is 0 Å². The van der Waals surface area contributed by atoms with E-state index in [-0.39, 0.29) is 12.8 Å². The van der Waals surface area contributed by atoms with Crippen LogP contribution in [0.1, 0.15) is 19.8 Å². The minimum absolute atomic E-state index is 0.122. The maximum atomic E-state index is 10.2. The smallest absolute Gasteiger partial charge is 0.405 e. The summed E-state index contributed by atoms with van der Waals surface area (Å²) in [7, 11) is 0. The molecule has 1 unspecified atom stereocenters. The van der Waals surface area contributed by atoms with Crippen molar-refractivity contribution < 1.29 is 15.0 Å². The number of carbonyl (C=O) groups is 1. The second-order valence-electron chi connectivity index (χ2n) is 2.44. The number of amides is 1. The Morgan fingerprint density at radius 1 is 1.58 bits per heavy atom. The zero-order valence-corrected chi connectivity index (χ0v) is 7.21. The quantitative estimate of drug-likeness (QED) is 0.338. The molecule has 0 aliphatic carbocycles. The Bertz CT molecular complexity index is 130. The molecule has 0 saturated heterocycles. The van der Waals surface area contributed by atoms with Crippen molar-refractivity contribution in [3.63, 3.8) is 0 Å². The van der Waals surface area contributed by atoms with Gasteiger partial charge in [-0.3, -0.25) is 5.32 Å². The van der Waals surface area contributed by atoms with E-state index in [1.165, 1.54) is 0 Å². The summed E-state index contributed by atoms with van der Waals surface area (Å²) in [6.45, 7) is 2.62. The first-order chi connectivity index (χ1) is 5.70. The van der Waals surface area contributed by atoms with Gasteiger partial charge in [-0.25, -0.2) is 4.79 Å². The molecule has 0 saturated carbocycles. The zero-order valence-electron chi connectivity index (χ0n) is 7.21. The van der Waals surface area contributed by atoms with Gasteiger partial charge in [-0.1, -0.05) is 6.92 Å². The fourth-order valence-electron chi connectivity index (χ4n) is 0.802. The normalized spacial score (nSPS) is 12.5. The number of hydrogen-bond acceptors (Lipinski definition) is 3. The van der Waals surface area contributed by atoms with E-state index >= 15 is 0 Å². The largest absolute Gasteiger partial charge is 0.465 e. The Morgan fingerprint density at radius 2 is 2.25 bits per heavy atom. The van der Waals surface area contributed by atoms with E-state index in [0.717, 1.165) is 0 Å². The van der Waals surface area contributed by atoms with Crippen molar-refractivity contribution in [2.45, 2.75) is 25.9 Å². The van der Waals surface area contributed by atoms with Gasteiger partial charge in [-0.15, -0.1) is 0 Å². The van der Waals surface area contributed by atoms with Gasteiger partial charge in [0.25, 0.3) is 0 Å². The molecule has 0 bridgehead atoms. The Morgan fingerprint density at radius 3 is 2.67 bits per heavy atom. The van der Waals surface area contributed by atoms with E-state index in [1.807, 2.05) is 6.92 Å². The monoisotopic (exact) mass is 176 g/mol. The van der Waals surface area contributed by atoms with Gasteiger partial charge in [0, 0.05) is 6.61 Å². The highest BCUT2D eigenvalue weighted by Crippen LogP contribution is 1.86. The van der Waals surface area contributed by atoms with Crippen molar-refractivity contribution in [1.82, 2.24) is 10.6 Å². The molecule has 1 amide bonds. The maximum Gasteiger partial charge on any atom is 0.405 e. The van der Waals surface area contributed by atoms with Crippen LogP contribution in [0, 0.1) is 0 Å². The molecule has 0 aliphatic heterocycles. The minimum atomic E-state index is -1.03. The SMILES string of the molecule is CCC(NCCCO)NC(=O)O. The van der Waals surface area contributed by atoms with E-state index in [1.54, 1.807) is 0 Å². The van der Waals surface area contributed by atoms with Crippen molar-refractivity contribution >= 4 is 6.09 Å². The molecule has 72 valence electrons. The molecular weight excluding hydrogens is 160 g/mol. The van der Waals surface area contributed by atoms with E-state index in [9.17, 15) is 4.79 Å². The van der Waals surface area contributed by atoms with Gasteiger partial charge >= 0.3 is 6.09 Å². The van der Waals surface area contributed by atoms with Crippen LogP contribution in [0.4, 0.5) is 4.79 Å². The number of nitrogens with one attached hydrogen (secondary N) is 2. The molecule has 5 nitrogen and oxygen atoms in total. The van der Waals surface area contributed by atoms with Crippen molar-refractivity contribution in [2.24, 2.45) is 0 Å². The maximum absolute atomic E-state index is 10.2. The van der Waals surface area contributed by atoms with Crippen molar-refractivity contribution in [1.29, 1.82) is 0 Å². The highest BCUT2D eigenvalue weighted by Gasteiger charge is 2.06. The highest BCUT2D eigenvalue weighted by molar-refractivity contribution is 5.64. The summed E-state index contributed by atoms with van der Waals surface area (Å²) in [6, 6.07) is 0. The Kier molecular flexibility index (Phi) is 6.41. The van der Waals surface area contributed by atoms with E-state index in [2.05, 4.69) is 10.6 Å². The molecular formula is C7H16N2O3. The van der Waals surface area contributed by atoms with Crippen LogP contribution in [0.25, 0.3) is 0 Å². The van der Waals surface area contributed by atoms with Crippen LogP contribution < -0.4 is 10.6 Å². The van der Waals surface area contributed by atoms with Crippen LogP contribution in [0.3, 0.4) is 0 Å². The van der Waals surface area contributed by atoms with Gasteiger partial charge < -0.3 is 15.5 Å². The van der Waals surface area contributed by atoms with Crippen LogP contribution in [-0.4, -0.2) is 35.6 Å². The molecule has 0 aromatic heterocycles. The topological polar surface area (TPSA) is 81.6 Å². The minimum Gasteiger partial charge on any atom is -0.465 e. The predicted molar refractivity (Wildman–Crippen MR) is 44.9 cm³/mol. The van der Waals surface area contributed by atoms with Gasteiger partial charge in [0.15, 0.2) is 0 Å². The first-order valence-corrected chi connectivity index (χ1v) is 4.04. The first kappa shape index (κ1) is 11.2. The standard InChI is InChI=1S/C7H16N2O3/c1-2-6(9-7(11)12)8-4-3-5-10/h6,8-10H,2-5H2,1H3,(H,11,12). The molecule has 0 aromatic carbocycles. The van der Waals surface area contributed by atoms with Crippen molar-refractivity contribution in [2.75, 3.05) is 13.2 Å². The summed E-state index contributed by atoms with van der Waals surface area (Å²) in [6.07, 6.45) is 0.0857. The number of carboxylic acid groups (broad SMARTS) is 1. The molecule has 0 aliphatic rings. The van der Waals surface area contributed by atoms with E-state index in [0.29, 0.717) is 19.4 Å². The van der Waals surface area contributed by atoms with Gasteiger partial charge in [0.1, 0.15) is 0 Å². The molecule has 0 aromatic rings. The summed E-state index contributed by atoms with van der Waals surface area (Å²) in [5, 5.41) is 22.1. The first-order valence-electron chi connectivity index (χ1n) is 4.04. The van der Waals surface area contributed by atoms with E-state index in [4.69, 9.17) is 10.2 Å². The van der Waals surface area contributed by atoms with Crippen LogP contribution in [0.15, 0.2) is 0 Å². The fourth-order valence-corrected chi connectivity index (χ4v) is 0.802. The molecule has 1 atom stereocenters. The molecule has 0 rings (SSSR count). The lowest BCUT2D eigenvalue weighted by atomic mass is 10.3. The molecule has 0 fully saturated rings. The summed E-state index contributed by atoms with van der Waals surface area (Å²) >= 11 is 0. The third-order valence-corrected chi connectivity index (χ3v) is 1.43. The lowest BCUT2D eigenvalue weighted by Crippen LogP contribution is -2.44. The van der Waals surface area contributed by atoms with Gasteiger partial charge in [0.05, 0.1) is 6.17 Å². The average molecular weight is 176 g/mol. The van der Waals surface area contributed by atoms with E-state index < -0.39 is 6.09 Å². The molecule has 0 radical (unpaired) electrons. The molecule has 5 heteroatoms. The average Bonchev–Trinajstić information content (AvgIpc) is 2.02. The van der Waals surface area contributed by atoms with Gasteiger partial charge in [-0.05, 0) is 19.4 Å². The highest BCUT2D eigenvalue weighted by atomic mass is 16.4. The zero-order chi connectivity index (χ0) is 9.40. The summed E-state index contributed by atoms with van der Waals surface area (Å²) < 4.78 is 0. The molecule has 12 heavy (non-hydrogen) atoms. The van der Waals surface area contributed by atoms with Gasteiger partial charge in [0.2, 0.25) is 0 Å². The summed E-state index contributed by atoms with van der Waals surface area (Å²) in [5.41, 5.74) is 0. The molecule has 4 N–H and O–H groups in total. The molecule has 0 spiro atoms. The Balaban J connectivity index is 3.46. The second kappa shape index (κ2) is 6.87. The number of aliphatic hydroxyl groups excluding tert-OH is 1. The predicted octanol–water partition coefficient (Wildman–Crippen LogP) is -0.0379. The third kappa shape index (κ3) is 5.94. The number of hydrogen-bond donors (Lipinski definition) is 4. The van der Waals surface area contributed by atoms with Crippen molar-refractivity contribution in [3.8, 4) is 0 Å². The lowest BCUT2D eigenvalue weighted by molar-refractivity contribution is 0.186. The van der Waals surface area contributed by atoms with Crippen LogP contribution in [0.2, 0.25) is 0 Å². The van der Waals surface area contributed by atoms with Crippen LogP contribution >= 0.6 is 0 Å². The van der Waals surface area contributed by atoms with Crippen LogP contribution in [-0.2, 0) is 0 Å². The fraction of sp³-hybridized carbons (Fsp3) is 0.857. The lowest BCUT2D eigenvalue weighted by Gasteiger charge is -2.15. The summed E-state index contributed by atoms with van der Waals surface area (Å²) in [5.74, 6) is 0. The number of rotatable bonds is 6. The third-order valence-electron chi connectivity index (χ3n) is 1.43. The second-order valence-corrected chi connectivity index (χ2v) is 2.44. The Hall–Kier alpha value is -0.810. The Labute approximate surface area is 71.8 Å². The molecule has 0 heterocycles. The van der Waals surface area contributed by atoms with Crippen molar-refractivity contribution in [3.05, 3.63) is 0 Å². The summed E-state index contributed by atoms with van der Waals surface area (Å²) in [4.78, 5) is 10.2. The van der Waals surface area contributed by atoms with Gasteiger partial charge in [-0.2, -0.15) is 0 Å².